The minimum atomic E-state index is 0.721. The summed E-state index contributed by atoms with van der Waals surface area (Å²) >= 11 is 0. The number of likely N-dealkylation sites (tertiary alicyclic amines) is 2. The number of benzene rings is 2. The van der Waals surface area contributed by atoms with Gasteiger partial charge in [-0.3, -0.25) is 4.90 Å². The molecule has 0 N–H and O–H groups in total. The minimum absolute atomic E-state index is 0.721. The third-order valence-corrected chi connectivity index (χ3v) is 7.01. The molecule has 0 radical (unpaired) electrons. The van der Waals surface area contributed by atoms with Gasteiger partial charge in [-0.1, -0.05) is 60.7 Å². The van der Waals surface area contributed by atoms with Crippen molar-refractivity contribution >= 4 is 5.57 Å². The van der Waals surface area contributed by atoms with Crippen molar-refractivity contribution in [3.63, 3.8) is 0 Å². The van der Waals surface area contributed by atoms with E-state index < -0.39 is 0 Å². The second-order valence-electron chi connectivity index (χ2n) is 8.94. The van der Waals surface area contributed by atoms with E-state index in [1.807, 2.05) is 0 Å². The molecule has 2 aromatic rings. The average molecular weight is 373 g/mol. The van der Waals surface area contributed by atoms with Crippen LogP contribution in [0.3, 0.4) is 0 Å². The molecule has 3 aliphatic rings. The van der Waals surface area contributed by atoms with Gasteiger partial charge in [-0.2, -0.15) is 0 Å². The molecule has 2 heteroatoms. The molecule has 2 saturated heterocycles. The highest BCUT2D eigenvalue weighted by molar-refractivity contribution is 5.70. The largest absolute Gasteiger partial charge is 0.303 e. The summed E-state index contributed by atoms with van der Waals surface area (Å²) in [6.45, 7) is 7.37. The van der Waals surface area contributed by atoms with E-state index in [2.05, 4.69) is 70.5 Å². The molecule has 2 atom stereocenters. The Morgan fingerprint density at radius 2 is 1.57 bits per heavy atom. The molecule has 2 aliphatic heterocycles. The van der Waals surface area contributed by atoms with Crippen molar-refractivity contribution in [2.24, 2.45) is 11.8 Å². The quantitative estimate of drug-likeness (QED) is 0.714. The first-order chi connectivity index (χ1) is 13.8. The molecule has 146 valence electrons. The maximum absolute atomic E-state index is 2.65. The molecule has 2 heterocycles. The SMILES string of the molecule is C1=C(c2ccc(CCN3CCCC3)cc2)[C@H]2CN(Cc3ccccc3)C[C@H]2C1. The molecule has 1 aliphatic carbocycles. The summed E-state index contributed by atoms with van der Waals surface area (Å²) in [4.78, 5) is 5.26. The standard InChI is InChI=1S/C26H32N2/c1-2-6-22(7-3-1)18-28-19-24-12-13-25(26(24)20-28)23-10-8-21(9-11-23)14-17-27-15-4-5-16-27/h1-3,6-11,13,24,26H,4-5,12,14-20H2/t24-,26+/m1/s1. The van der Waals surface area contributed by atoms with Gasteiger partial charge in [0.25, 0.3) is 0 Å². The Bertz CT molecular complexity index is 802. The summed E-state index contributed by atoms with van der Waals surface area (Å²) < 4.78 is 0. The number of allylic oxidation sites excluding steroid dienone is 1. The fraction of sp³-hybridized carbons (Fsp3) is 0.462. The molecule has 0 unspecified atom stereocenters. The lowest BCUT2D eigenvalue weighted by molar-refractivity contribution is 0.315. The first kappa shape index (κ1) is 18.1. The van der Waals surface area contributed by atoms with Gasteiger partial charge in [-0.05, 0) is 67.0 Å². The Hall–Kier alpha value is -1.90. The molecule has 28 heavy (non-hydrogen) atoms. The smallest absolute Gasteiger partial charge is 0.0234 e. The van der Waals surface area contributed by atoms with Crippen LogP contribution in [0.5, 0.6) is 0 Å². The lowest BCUT2D eigenvalue weighted by atomic mass is 9.90. The van der Waals surface area contributed by atoms with E-state index in [1.54, 1.807) is 5.57 Å². The summed E-state index contributed by atoms with van der Waals surface area (Å²) in [5.41, 5.74) is 5.99. The number of fused-ring (bicyclic) bond motifs is 1. The second kappa shape index (κ2) is 8.23. The number of rotatable bonds is 6. The summed E-state index contributed by atoms with van der Waals surface area (Å²) in [5, 5.41) is 0. The van der Waals surface area contributed by atoms with Gasteiger partial charge in [0.05, 0.1) is 0 Å². The van der Waals surface area contributed by atoms with Crippen LogP contribution in [0, 0.1) is 11.8 Å². The second-order valence-corrected chi connectivity index (χ2v) is 8.94. The molecule has 2 nitrogen and oxygen atoms in total. The van der Waals surface area contributed by atoms with Crippen LogP contribution in [0.2, 0.25) is 0 Å². The molecular weight excluding hydrogens is 340 g/mol. The van der Waals surface area contributed by atoms with Gasteiger partial charge in [0.15, 0.2) is 0 Å². The normalized spacial score (nSPS) is 25.2. The van der Waals surface area contributed by atoms with Gasteiger partial charge in [-0.15, -0.1) is 0 Å². The van der Waals surface area contributed by atoms with Crippen LogP contribution in [0.1, 0.15) is 36.0 Å². The summed E-state index contributed by atoms with van der Waals surface area (Å²) in [6, 6.07) is 20.4. The maximum atomic E-state index is 2.65. The Labute approximate surface area is 169 Å². The van der Waals surface area contributed by atoms with Gasteiger partial charge in [-0.25, -0.2) is 0 Å². The van der Waals surface area contributed by atoms with Crippen LogP contribution in [0.25, 0.3) is 5.57 Å². The third kappa shape index (κ3) is 3.94. The molecule has 0 bridgehead atoms. The fourth-order valence-corrected chi connectivity index (χ4v) is 5.44. The van der Waals surface area contributed by atoms with E-state index >= 15 is 0 Å². The van der Waals surface area contributed by atoms with E-state index in [1.165, 1.54) is 75.1 Å². The van der Waals surface area contributed by atoms with E-state index in [9.17, 15) is 0 Å². The van der Waals surface area contributed by atoms with Crippen molar-refractivity contribution in [3.05, 3.63) is 77.4 Å². The molecular formula is C26H32N2. The lowest BCUT2D eigenvalue weighted by Gasteiger charge is -2.18. The Kier molecular flexibility index (Phi) is 5.33. The Morgan fingerprint density at radius 1 is 0.786 bits per heavy atom. The fourth-order valence-electron chi connectivity index (χ4n) is 5.44. The first-order valence-corrected chi connectivity index (χ1v) is 11.1. The summed E-state index contributed by atoms with van der Waals surface area (Å²) in [5.74, 6) is 1.53. The predicted octanol–water partition coefficient (Wildman–Crippen LogP) is 4.86. The van der Waals surface area contributed by atoms with Crippen molar-refractivity contribution in [3.8, 4) is 0 Å². The number of hydrogen-bond acceptors (Lipinski definition) is 2. The highest BCUT2D eigenvalue weighted by atomic mass is 15.2. The van der Waals surface area contributed by atoms with Crippen molar-refractivity contribution in [2.45, 2.75) is 32.2 Å². The van der Waals surface area contributed by atoms with Crippen LogP contribution >= 0.6 is 0 Å². The van der Waals surface area contributed by atoms with E-state index in [4.69, 9.17) is 0 Å². The van der Waals surface area contributed by atoms with Crippen LogP contribution < -0.4 is 0 Å². The number of nitrogens with zero attached hydrogens (tertiary/aromatic N) is 2. The van der Waals surface area contributed by atoms with E-state index in [0.29, 0.717) is 0 Å². The molecule has 0 amide bonds. The highest BCUT2D eigenvalue weighted by Gasteiger charge is 2.38. The average Bonchev–Trinajstić information content (AvgIpc) is 3.45. The van der Waals surface area contributed by atoms with Gasteiger partial charge in [0.2, 0.25) is 0 Å². The zero-order chi connectivity index (χ0) is 18.8. The van der Waals surface area contributed by atoms with Crippen LogP contribution in [-0.2, 0) is 13.0 Å². The van der Waals surface area contributed by atoms with Crippen LogP contribution in [-0.4, -0.2) is 42.5 Å². The Balaban J connectivity index is 1.19. The van der Waals surface area contributed by atoms with Crippen molar-refractivity contribution in [1.29, 1.82) is 0 Å². The van der Waals surface area contributed by atoms with Crippen molar-refractivity contribution < 1.29 is 0 Å². The Morgan fingerprint density at radius 3 is 2.36 bits per heavy atom. The minimum Gasteiger partial charge on any atom is -0.303 e. The van der Waals surface area contributed by atoms with Crippen molar-refractivity contribution in [2.75, 3.05) is 32.7 Å². The summed E-state index contributed by atoms with van der Waals surface area (Å²) in [7, 11) is 0. The third-order valence-electron chi connectivity index (χ3n) is 7.01. The first-order valence-electron chi connectivity index (χ1n) is 11.1. The zero-order valence-electron chi connectivity index (χ0n) is 16.9. The monoisotopic (exact) mass is 372 g/mol. The van der Waals surface area contributed by atoms with Gasteiger partial charge in [0.1, 0.15) is 0 Å². The molecule has 0 saturated carbocycles. The van der Waals surface area contributed by atoms with E-state index in [0.717, 1.165) is 18.4 Å². The van der Waals surface area contributed by atoms with Gasteiger partial charge in [0, 0.05) is 32.1 Å². The predicted molar refractivity (Wildman–Crippen MR) is 117 cm³/mol. The van der Waals surface area contributed by atoms with Gasteiger partial charge < -0.3 is 4.90 Å². The van der Waals surface area contributed by atoms with Gasteiger partial charge >= 0.3 is 0 Å². The topological polar surface area (TPSA) is 6.48 Å². The lowest BCUT2D eigenvalue weighted by Crippen LogP contribution is -2.21. The molecule has 5 rings (SSSR count). The van der Waals surface area contributed by atoms with Crippen LogP contribution in [0.4, 0.5) is 0 Å². The summed E-state index contributed by atoms with van der Waals surface area (Å²) in [6.07, 6.45) is 7.74. The molecule has 2 aromatic carbocycles. The van der Waals surface area contributed by atoms with Crippen LogP contribution in [0.15, 0.2) is 60.7 Å². The highest BCUT2D eigenvalue weighted by Crippen LogP contribution is 2.43. The zero-order valence-corrected chi connectivity index (χ0v) is 16.9. The maximum Gasteiger partial charge on any atom is 0.0234 e. The molecule has 0 aromatic heterocycles. The molecule has 2 fully saturated rings. The molecule has 0 spiro atoms. The number of hydrogen-bond donors (Lipinski definition) is 0. The van der Waals surface area contributed by atoms with Crippen molar-refractivity contribution in [1.82, 2.24) is 9.80 Å². The van der Waals surface area contributed by atoms with E-state index in [-0.39, 0.29) is 0 Å².